The van der Waals surface area contributed by atoms with Gasteiger partial charge in [0.1, 0.15) is 0 Å². The summed E-state index contributed by atoms with van der Waals surface area (Å²) < 4.78 is 2.62. The average Bonchev–Trinajstić information content (AvgIpc) is 3.53. The van der Waals surface area contributed by atoms with Gasteiger partial charge >= 0.3 is 0 Å². The highest BCUT2D eigenvalue weighted by molar-refractivity contribution is 7.25. The highest BCUT2D eigenvalue weighted by atomic mass is 32.1. The summed E-state index contributed by atoms with van der Waals surface area (Å²) >= 11 is 1.86. The zero-order valence-electron chi connectivity index (χ0n) is 26.1. The first-order valence-electron chi connectivity index (χ1n) is 16.4. The van der Waals surface area contributed by atoms with Gasteiger partial charge in [0, 0.05) is 37.2 Å². The fourth-order valence-corrected chi connectivity index (χ4v) is 8.61. The van der Waals surface area contributed by atoms with Crippen LogP contribution in [0.3, 0.4) is 0 Å². The van der Waals surface area contributed by atoms with Crippen molar-refractivity contribution in [2.24, 2.45) is 0 Å². The third kappa shape index (κ3) is 4.31. The Hall–Kier alpha value is -5.96. The van der Waals surface area contributed by atoms with Crippen molar-refractivity contribution in [3.8, 4) is 11.1 Å². The molecule has 0 saturated heterocycles. The molecule has 0 N–H and O–H groups in total. The first-order valence-corrected chi connectivity index (χ1v) is 17.2. The molecule has 1 aromatic heterocycles. The molecule has 10 aromatic rings. The maximum Gasteiger partial charge on any atom is 0.0468 e. The number of hydrogen-bond donors (Lipinski definition) is 0. The molecule has 0 bridgehead atoms. The van der Waals surface area contributed by atoms with Crippen LogP contribution in [-0.2, 0) is 0 Å². The Morgan fingerprint density at radius 3 is 1.60 bits per heavy atom. The zero-order valence-corrected chi connectivity index (χ0v) is 26.9. The van der Waals surface area contributed by atoms with Gasteiger partial charge in [-0.3, -0.25) is 0 Å². The molecule has 0 saturated carbocycles. The van der Waals surface area contributed by atoms with Crippen LogP contribution in [-0.4, -0.2) is 0 Å². The highest BCUT2D eigenvalue weighted by Crippen LogP contribution is 2.44. The molecule has 0 aliphatic rings. The second-order valence-corrected chi connectivity index (χ2v) is 13.6. The molecular weight excluding hydrogens is 599 g/mol. The van der Waals surface area contributed by atoms with Crippen molar-refractivity contribution in [3.63, 3.8) is 0 Å². The van der Waals surface area contributed by atoms with E-state index in [1.165, 1.54) is 74.4 Å². The molecule has 0 unspecified atom stereocenters. The minimum Gasteiger partial charge on any atom is -0.310 e. The summed E-state index contributed by atoms with van der Waals surface area (Å²) in [7, 11) is 0. The van der Waals surface area contributed by atoms with Crippen LogP contribution in [0.1, 0.15) is 0 Å². The Morgan fingerprint density at radius 2 is 0.833 bits per heavy atom. The lowest BCUT2D eigenvalue weighted by atomic mass is 9.94. The first-order chi connectivity index (χ1) is 23.8. The summed E-state index contributed by atoms with van der Waals surface area (Å²) in [5.41, 5.74) is 5.82. The molecule has 0 atom stereocenters. The monoisotopic (exact) mass is 627 g/mol. The molecular formula is C46H29NS. The largest absolute Gasteiger partial charge is 0.310 e. The van der Waals surface area contributed by atoms with Crippen molar-refractivity contribution in [1.29, 1.82) is 0 Å². The van der Waals surface area contributed by atoms with E-state index in [-0.39, 0.29) is 0 Å². The van der Waals surface area contributed by atoms with Crippen molar-refractivity contribution in [3.05, 3.63) is 176 Å². The standard InChI is InChI=1S/C46H29NS/c1-2-11-31-26-33(21-20-30(31)10-1)32-12-9-13-34(27-32)47(36-23-25-46-44(29-36)42-18-7-8-19-45(42)48-46)35-22-24-41-39-16-4-3-14-37(39)38-15-5-6-17-40(38)43(41)28-35/h1-29H. The molecule has 9 aromatic carbocycles. The van der Waals surface area contributed by atoms with E-state index in [2.05, 4.69) is 181 Å². The van der Waals surface area contributed by atoms with Crippen molar-refractivity contribution in [1.82, 2.24) is 0 Å². The lowest BCUT2D eigenvalue weighted by molar-refractivity contribution is 1.30. The van der Waals surface area contributed by atoms with Crippen LogP contribution in [0.25, 0.3) is 74.4 Å². The fourth-order valence-electron chi connectivity index (χ4n) is 7.53. The van der Waals surface area contributed by atoms with Crippen LogP contribution in [0.4, 0.5) is 17.1 Å². The van der Waals surface area contributed by atoms with Gasteiger partial charge in [-0.1, -0.05) is 121 Å². The van der Waals surface area contributed by atoms with Gasteiger partial charge in [0.25, 0.3) is 0 Å². The van der Waals surface area contributed by atoms with Crippen molar-refractivity contribution in [2.45, 2.75) is 0 Å². The second kappa shape index (κ2) is 10.8. The number of rotatable bonds is 4. The van der Waals surface area contributed by atoms with Crippen LogP contribution < -0.4 is 4.90 Å². The van der Waals surface area contributed by atoms with Gasteiger partial charge in [-0.25, -0.2) is 0 Å². The average molecular weight is 628 g/mol. The number of anilines is 3. The minimum absolute atomic E-state index is 1.13. The van der Waals surface area contributed by atoms with E-state index in [1.54, 1.807) is 0 Å². The number of nitrogens with zero attached hydrogens (tertiary/aromatic N) is 1. The van der Waals surface area contributed by atoms with Gasteiger partial charge < -0.3 is 4.90 Å². The van der Waals surface area contributed by atoms with Gasteiger partial charge in [0.2, 0.25) is 0 Å². The summed E-state index contributed by atoms with van der Waals surface area (Å²) in [4.78, 5) is 2.43. The van der Waals surface area contributed by atoms with Crippen molar-refractivity contribution < 1.29 is 0 Å². The van der Waals surface area contributed by atoms with E-state index in [9.17, 15) is 0 Å². The third-order valence-electron chi connectivity index (χ3n) is 9.79. The van der Waals surface area contributed by atoms with Crippen LogP contribution in [0.2, 0.25) is 0 Å². The summed E-state index contributed by atoms with van der Waals surface area (Å²) in [6.45, 7) is 0. The summed E-state index contributed by atoms with van der Waals surface area (Å²) in [6, 6.07) is 64.6. The minimum atomic E-state index is 1.13. The molecule has 224 valence electrons. The van der Waals surface area contributed by atoms with E-state index in [0.717, 1.165) is 17.1 Å². The summed E-state index contributed by atoms with van der Waals surface area (Å²) in [5, 5.41) is 12.8. The predicted molar refractivity (Wildman–Crippen MR) is 209 cm³/mol. The Morgan fingerprint density at radius 1 is 0.292 bits per heavy atom. The van der Waals surface area contributed by atoms with Crippen LogP contribution >= 0.6 is 11.3 Å². The van der Waals surface area contributed by atoms with Gasteiger partial charge in [0.15, 0.2) is 0 Å². The topological polar surface area (TPSA) is 3.24 Å². The maximum absolute atomic E-state index is 2.43. The predicted octanol–water partition coefficient (Wildman–Crippen LogP) is 13.8. The van der Waals surface area contributed by atoms with E-state index in [1.807, 2.05) is 11.3 Å². The quantitative estimate of drug-likeness (QED) is 0.176. The van der Waals surface area contributed by atoms with Crippen molar-refractivity contribution >= 4 is 91.7 Å². The SMILES string of the molecule is c1cc(-c2ccc3ccccc3c2)cc(N(c2ccc3sc4ccccc4c3c2)c2ccc3c4ccccc4c4ccccc4c3c2)c1. The fraction of sp³-hybridized carbons (Fsp3) is 0. The number of fused-ring (bicyclic) bond motifs is 10. The lowest BCUT2D eigenvalue weighted by Crippen LogP contribution is -2.10. The normalized spacial score (nSPS) is 11.8. The molecule has 1 nitrogen and oxygen atoms in total. The Bertz CT molecular complexity index is 2830. The van der Waals surface area contributed by atoms with E-state index in [4.69, 9.17) is 0 Å². The van der Waals surface area contributed by atoms with Crippen LogP contribution in [0.15, 0.2) is 176 Å². The molecule has 0 aliphatic heterocycles. The highest BCUT2D eigenvalue weighted by Gasteiger charge is 2.18. The smallest absolute Gasteiger partial charge is 0.0468 e. The van der Waals surface area contributed by atoms with Crippen LogP contribution in [0, 0.1) is 0 Å². The molecule has 0 spiro atoms. The number of benzene rings is 9. The van der Waals surface area contributed by atoms with E-state index >= 15 is 0 Å². The summed E-state index contributed by atoms with van der Waals surface area (Å²) in [5.74, 6) is 0. The zero-order chi connectivity index (χ0) is 31.6. The molecule has 1 heterocycles. The first kappa shape index (κ1) is 27.2. The Labute approximate surface area is 282 Å². The Kier molecular flexibility index (Phi) is 6.12. The van der Waals surface area contributed by atoms with Gasteiger partial charge in [0.05, 0.1) is 0 Å². The summed E-state index contributed by atoms with van der Waals surface area (Å²) in [6.07, 6.45) is 0. The molecule has 0 fully saturated rings. The van der Waals surface area contributed by atoms with Gasteiger partial charge in [-0.2, -0.15) is 0 Å². The number of hydrogen-bond acceptors (Lipinski definition) is 2. The van der Waals surface area contributed by atoms with Crippen molar-refractivity contribution in [2.75, 3.05) is 4.90 Å². The molecule has 0 aliphatic carbocycles. The number of thiophene rings is 1. The van der Waals surface area contributed by atoms with Gasteiger partial charge in [-0.05, 0) is 109 Å². The molecule has 0 amide bonds. The third-order valence-corrected chi connectivity index (χ3v) is 10.9. The molecule has 2 heteroatoms. The lowest BCUT2D eigenvalue weighted by Gasteiger charge is -2.27. The van der Waals surface area contributed by atoms with Crippen LogP contribution in [0.5, 0.6) is 0 Å². The van der Waals surface area contributed by atoms with E-state index < -0.39 is 0 Å². The molecule has 10 rings (SSSR count). The van der Waals surface area contributed by atoms with Gasteiger partial charge in [-0.15, -0.1) is 11.3 Å². The molecule has 0 radical (unpaired) electrons. The Balaban J connectivity index is 1.22. The van der Waals surface area contributed by atoms with E-state index in [0.29, 0.717) is 0 Å². The molecule has 48 heavy (non-hydrogen) atoms. The maximum atomic E-state index is 2.43. The second-order valence-electron chi connectivity index (χ2n) is 12.5.